The summed E-state index contributed by atoms with van der Waals surface area (Å²) in [6.07, 6.45) is 0. The molecule has 0 aromatic heterocycles. The Morgan fingerprint density at radius 2 is 1.95 bits per heavy atom. The maximum Gasteiger partial charge on any atom is 0.238 e. The molecule has 0 aliphatic rings. The first-order valence-electron chi connectivity index (χ1n) is 5.97. The van der Waals surface area contributed by atoms with Crippen molar-refractivity contribution in [1.82, 2.24) is 0 Å². The fourth-order valence-corrected chi connectivity index (χ4v) is 2.72. The number of nitrogens with two attached hydrogens (primary N) is 2. The standard InChI is InChI=1S/C12H20N2O3S2/c1-10(8-13)9-18-7-6-17-11-2-4-12(5-3-11)19(14,15)16/h2-5,10H,6-9,13H2,1H3,(H2,14,15,16). The highest BCUT2D eigenvalue weighted by atomic mass is 32.2. The zero-order valence-electron chi connectivity index (χ0n) is 10.9. The van der Waals surface area contributed by atoms with Gasteiger partial charge in [-0.15, -0.1) is 0 Å². The van der Waals surface area contributed by atoms with E-state index >= 15 is 0 Å². The Labute approximate surface area is 118 Å². The molecule has 0 heterocycles. The molecule has 1 aromatic rings. The number of primary sulfonamides is 1. The fourth-order valence-electron chi connectivity index (χ4n) is 1.30. The van der Waals surface area contributed by atoms with Gasteiger partial charge >= 0.3 is 0 Å². The van der Waals surface area contributed by atoms with Crippen LogP contribution in [0.15, 0.2) is 29.2 Å². The molecular weight excluding hydrogens is 284 g/mol. The Kier molecular flexibility index (Phi) is 6.64. The first kappa shape index (κ1) is 16.3. The summed E-state index contributed by atoms with van der Waals surface area (Å²) < 4.78 is 27.6. The van der Waals surface area contributed by atoms with Crippen molar-refractivity contribution in [3.05, 3.63) is 24.3 Å². The van der Waals surface area contributed by atoms with Crippen LogP contribution in [0.1, 0.15) is 6.92 Å². The molecule has 108 valence electrons. The number of ether oxygens (including phenoxy) is 1. The smallest absolute Gasteiger partial charge is 0.238 e. The van der Waals surface area contributed by atoms with Gasteiger partial charge in [-0.05, 0) is 42.5 Å². The lowest BCUT2D eigenvalue weighted by Crippen LogP contribution is -2.13. The van der Waals surface area contributed by atoms with Gasteiger partial charge in [0, 0.05) is 5.75 Å². The molecule has 0 aliphatic carbocycles. The molecule has 7 heteroatoms. The van der Waals surface area contributed by atoms with Crippen molar-refractivity contribution in [1.29, 1.82) is 0 Å². The second-order valence-corrected chi connectivity index (χ2v) is 6.99. The fraction of sp³-hybridized carbons (Fsp3) is 0.500. The maximum atomic E-state index is 11.1. The molecular formula is C12H20N2O3S2. The van der Waals surface area contributed by atoms with E-state index in [1.165, 1.54) is 12.1 Å². The topological polar surface area (TPSA) is 95.4 Å². The summed E-state index contributed by atoms with van der Waals surface area (Å²) in [7, 11) is -3.63. The van der Waals surface area contributed by atoms with Gasteiger partial charge < -0.3 is 10.5 Å². The average molecular weight is 304 g/mol. The molecule has 1 rings (SSSR count). The van der Waals surface area contributed by atoms with E-state index in [1.54, 1.807) is 23.9 Å². The Morgan fingerprint density at radius 1 is 1.32 bits per heavy atom. The van der Waals surface area contributed by atoms with Crippen LogP contribution in [-0.2, 0) is 10.0 Å². The first-order valence-corrected chi connectivity index (χ1v) is 8.67. The van der Waals surface area contributed by atoms with Crippen LogP contribution in [-0.4, -0.2) is 33.1 Å². The third kappa shape index (κ3) is 6.29. The molecule has 0 spiro atoms. The van der Waals surface area contributed by atoms with Gasteiger partial charge in [0.05, 0.1) is 11.5 Å². The molecule has 1 unspecified atom stereocenters. The number of benzene rings is 1. The lowest BCUT2D eigenvalue weighted by Gasteiger charge is -2.09. The van der Waals surface area contributed by atoms with E-state index in [0.29, 0.717) is 24.8 Å². The van der Waals surface area contributed by atoms with Crippen molar-refractivity contribution in [3.8, 4) is 5.75 Å². The molecule has 0 radical (unpaired) electrons. The lowest BCUT2D eigenvalue weighted by molar-refractivity contribution is 0.343. The van der Waals surface area contributed by atoms with E-state index in [2.05, 4.69) is 6.92 Å². The third-order valence-electron chi connectivity index (χ3n) is 2.45. The van der Waals surface area contributed by atoms with Gasteiger partial charge in [-0.2, -0.15) is 11.8 Å². The van der Waals surface area contributed by atoms with Gasteiger partial charge in [0.25, 0.3) is 0 Å². The van der Waals surface area contributed by atoms with Crippen molar-refractivity contribution in [2.75, 3.05) is 24.7 Å². The molecule has 1 aromatic carbocycles. The second kappa shape index (κ2) is 7.74. The van der Waals surface area contributed by atoms with Crippen LogP contribution < -0.4 is 15.6 Å². The minimum Gasteiger partial charge on any atom is -0.493 e. The average Bonchev–Trinajstić information content (AvgIpc) is 2.37. The van der Waals surface area contributed by atoms with Crippen molar-refractivity contribution >= 4 is 21.8 Å². The van der Waals surface area contributed by atoms with Crippen LogP contribution in [0.2, 0.25) is 0 Å². The summed E-state index contributed by atoms with van der Waals surface area (Å²) in [5, 5.41) is 5.01. The van der Waals surface area contributed by atoms with Gasteiger partial charge in [0.1, 0.15) is 5.75 Å². The highest BCUT2D eigenvalue weighted by molar-refractivity contribution is 7.99. The number of rotatable bonds is 8. The highest BCUT2D eigenvalue weighted by Gasteiger charge is 2.06. The molecule has 0 aliphatic heterocycles. The molecule has 19 heavy (non-hydrogen) atoms. The largest absolute Gasteiger partial charge is 0.493 e. The molecule has 4 N–H and O–H groups in total. The van der Waals surface area contributed by atoms with Gasteiger partial charge in [0.2, 0.25) is 10.0 Å². The van der Waals surface area contributed by atoms with Crippen molar-refractivity contribution < 1.29 is 13.2 Å². The van der Waals surface area contributed by atoms with Crippen LogP contribution in [0.4, 0.5) is 0 Å². The van der Waals surface area contributed by atoms with Crippen molar-refractivity contribution in [2.45, 2.75) is 11.8 Å². The minimum absolute atomic E-state index is 0.0889. The van der Waals surface area contributed by atoms with Crippen molar-refractivity contribution in [3.63, 3.8) is 0 Å². The van der Waals surface area contributed by atoms with Crippen LogP contribution in [0.25, 0.3) is 0 Å². The summed E-state index contributed by atoms with van der Waals surface area (Å²) in [6, 6.07) is 6.09. The van der Waals surface area contributed by atoms with Crippen LogP contribution in [0.3, 0.4) is 0 Å². The molecule has 0 bridgehead atoms. The Bertz CT molecular complexity index is 474. The van der Waals surface area contributed by atoms with Gasteiger partial charge in [-0.1, -0.05) is 6.92 Å². The summed E-state index contributed by atoms with van der Waals surface area (Å²) in [6.45, 7) is 3.39. The molecule has 0 amide bonds. The Hall–Kier alpha value is -0.760. The van der Waals surface area contributed by atoms with E-state index < -0.39 is 10.0 Å². The summed E-state index contributed by atoms with van der Waals surface area (Å²) in [5.74, 6) is 3.05. The Morgan fingerprint density at radius 3 is 2.47 bits per heavy atom. The van der Waals surface area contributed by atoms with Gasteiger partial charge in [-0.3, -0.25) is 0 Å². The quantitative estimate of drug-likeness (QED) is 0.700. The zero-order chi connectivity index (χ0) is 14.3. The van der Waals surface area contributed by atoms with E-state index in [4.69, 9.17) is 15.6 Å². The van der Waals surface area contributed by atoms with Gasteiger partial charge in [0.15, 0.2) is 0 Å². The SMILES string of the molecule is CC(CN)CSCCOc1ccc(S(N)(=O)=O)cc1. The number of thioether (sulfide) groups is 1. The summed E-state index contributed by atoms with van der Waals surface area (Å²) >= 11 is 1.79. The van der Waals surface area contributed by atoms with Crippen LogP contribution >= 0.6 is 11.8 Å². The van der Waals surface area contributed by atoms with E-state index in [9.17, 15) is 8.42 Å². The van der Waals surface area contributed by atoms with Crippen LogP contribution in [0.5, 0.6) is 5.75 Å². The summed E-state index contributed by atoms with van der Waals surface area (Å²) in [5.41, 5.74) is 5.52. The monoisotopic (exact) mass is 304 g/mol. The third-order valence-corrected chi connectivity index (χ3v) is 4.64. The lowest BCUT2D eigenvalue weighted by atomic mass is 10.2. The molecule has 0 saturated carbocycles. The van der Waals surface area contributed by atoms with E-state index in [-0.39, 0.29) is 4.90 Å². The molecule has 0 saturated heterocycles. The highest BCUT2D eigenvalue weighted by Crippen LogP contribution is 2.15. The molecule has 0 fully saturated rings. The normalized spacial score (nSPS) is 13.2. The van der Waals surface area contributed by atoms with Gasteiger partial charge in [-0.25, -0.2) is 13.6 Å². The summed E-state index contributed by atoms with van der Waals surface area (Å²) in [4.78, 5) is 0.0889. The predicted molar refractivity (Wildman–Crippen MR) is 78.9 cm³/mol. The second-order valence-electron chi connectivity index (χ2n) is 4.28. The molecule has 5 nitrogen and oxygen atoms in total. The minimum atomic E-state index is -3.63. The molecule has 1 atom stereocenters. The number of hydrogen-bond donors (Lipinski definition) is 2. The maximum absolute atomic E-state index is 11.1. The Balaban J connectivity index is 2.31. The number of sulfonamides is 1. The van der Waals surface area contributed by atoms with Crippen molar-refractivity contribution in [2.24, 2.45) is 16.8 Å². The first-order chi connectivity index (χ1) is 8.93. The zero-order valence-corrected chi connectivity index (χ0v) is 12.5. The van der Waals surface area contributed by atoms with Crippen LogP contribution in [0, 0.1) is 5.92 Å². The number of hydrogen-bond acceptors (Lipinski definition) is 5. The predicted octanol–water partition coefficient (Wildman–Crippen LogP) is 1.04. The van der Waals surface area contributed by atoms with E-state index in [0.717, 1.165) is 11.5 Å². The van der Waals surface area contributed by atoms with E-state index in [1.807, 2.05) is 0 Å².